The van der Waals surface area contributed by atoms with E-state index in [0.29, 0.717) is 6.42 Å². The predicted octanol–water partition coefficient (Wildman–Crippen LogP) is 4.17. The van der Waals surface area contributed by atoms with Crippen LogP contribution in [0.15, 0.2) is 0 Å². The standard InChI is InChI=1S/C13H22F3N3/c1-5-6-7-8-9-19-11(13(14,15)16)10(17-18-19)12(2,3)4/h5-9H2,1-4H3. The van der Waals surface area contributed by atoms with Crippen LogP contribution in [-0.2, 0) is 18.1 Å². The van der Waals surface area contributed by atoms with Crippen molar-refractivity contribution in [1.82, 2.24) is 15.0 Å². The largest absolute Gasteiger partial charge is 0.434 e. The molecule has 0 aliphatic heterocycles. The van der Waals surface area contributed by atoms with Crippen molar-refractivity contribution in [2.45, 2.75) is 71.5 Å². The van der Waals surface area contributed by atoms with Crippen LogP contribution >= 0.6 is 0 Å². The maximum atomic E-state index is 13.1. The van der Waals surface area contributed by atoms with E-state index in [2.05, 4.69) is 17.2 Å². The van der Waals surface area contributed by atoms with E-state index in [1.165, 1.54) is 0 Å². The summed E-state index contributed by atoms with van der Waals surface area (Å²) in [4.78, 5) is 0. The quantitative estimate of drug-likeness (QED) is 0.756. The first-order valence-corrected chi connectivity index (χ1v) is 6.69. The number of hydrogen-bond acceptors (Lipinski definition) is 2. The highest BCUT2D eigenvalue weighted by atomic mass is 19.4. The van der Waals surface area contributed by atoms with E-state index in [-0.39, 0.29) is 12.2 Å². The first kappa shape index (κ1) is 16.0. The molecule has 19 heavy (non-hydrogen) atoms. The van der Waals surface area contributed by atoms with Gasteiger partial charge in [0.1, 0.15) is 5.69 Å². The fraction of sp³-hybridized carbons (Fsp3) is 0.846. The molecule has 0 spiro atoms. The smallest absolute Gasteiger partial charge is 0.240 e. The van der Waals surface area contributed by atoms with Gasteiger partial charge >= 0.3 is 6.18 Å². The molecule has 110 valence electrons. The van der Waals surface area contributed by atoms with E-state index >= 15 is 0 Å². The summed E-state index contributed by atoms with van der Waals surface area (Å²) in [7, 11) is 0. The number of hydrogen-bond donors (Lipinski definition) is 0. The summed E-state index contributed by atoms with van der Waals surface area (Å²) in [5.74, 6) is 0. The summed E-state index contributed by atoms with van der Waals surface area (Å²) in [6.07, 6.45) is -0.710. The molecule has 0 aliphatic carbocycles. The number of halogens is 3. The molecule has 1 rings (SSSR count). The first-order valence-electron chi connectivity index (χ1n) is 6.69. The maximum absolute atomic E-state index is 13.1. The monoisotopic (exact) mass is 277 g/mol. The summed E-state index contributed by atoms with van der Waals surface area (Å²) in [6.45, 7) is 7.49. The van der Waals surface area contributed by atoms with Gasteiger partial charge < -0.3 is 0 Å². The minimum absolute atomic E-state index is 0.0236. The molecular formula is C13H22F3N3. The van der Waals surface area contributed by atoms with Gasteiger partial charge in [-0.05, 0) is 6.42 Å². The molecule has 0 radical (unpaired) electrons. The lowest BCUT2D eigenvalue weighted by Gasteiger charge is -2.19. The molecule has 0 aromatic carbocycles. The lowest BCUT2D eigenvalue weighted by atomic mass is 9.90. The van der Waals surface area contributed by atoms with E-state index in [1.807, 2.05) is 0 Å². The number of unbranched alkanes of at least 4 members (excludes halogenated alkanes) is 3. The fourth-order valence-electron chi connectivity index (χ4n) is 1.94. The number of alkyl halides is 3. The van der Waals surface area contributed by atoms with E-state index in [4.69, 9.17) is 0 Å². The lowest BCUT2D eigenvalue weighted by molar-refractivity contribution is -0.145. The Morgan fingerprint density at radius 2 is 1.68 bits per heavy atom. The van der Waals surface area contributed by atoms with Crippen LogP contribution in [-0.4, -0.2) is 15.0 Å². The number of aromatic nitrogens is 3. The highest BCUT2D eigenvalue weighted by Gasteiger charge is 2.42. The van der Waals surface area contributed by atoms with Gasteiger partial charge in [-0.3, -0.25) is 0 Å². The topological polar surface area (TPSA) is 30.7 Å². The second kappa shape index (κ2) is 5.92. The van der Waals surface area contributed by atoms with Crippen molar-refractivity contribution in [2.24, 2.45) is 0 Å². The van der Waals surface area contributed by atoms with Gasteiger partial charge in [0.25, 0.3) is 0 Å². The van der Waals surface area contributed by atoms with E-state index in [9.17, 15) is 13.2 Å². The van der Waals surface area contributed by atoms with Gasteiger partial charge in [0, 0.05) is 12.0 Å². The molecule has 6 heteroatoms. The third kappa shape index (κ3) is 4.21. The van der Waals surface area contributed by atoms with Gasteiger partial charge in [0.15, 0.2) is 5.69 Å². The van der Waals surface area contributed by atoms with Crippen LogP contribution in [0.2, 0.25) is 0 Å². The zero-order valence-corrected chi connectivity index (χ0v) is 12.0. The summed E-state index contributed by atoms with van der Waals surface area (Å²) >= 11 is 0. The summed E-state index contributed by atoms with van der Waals surface area (Å²) in [5.41, 5.74) is -1.33. The molecule has 0 atom stereocenters. The molecule has 0 aliphatic rings. The van der Waals surface area contributed by atoms with Gasteiger partial charge in [-0.2, -0.15) is 13.2 Å². The molecule has 1 aromatic heterocycles. The molecule has 3 nitrogen and oxygen atoms in total. The van der Waals surface area contributed by atoms with Crippen molar-refractivity contribution < 1.29 is 13.2 Å². The lowest BCUT2D eigenvalue weighted by Crippen LogP contribution is -2.22. The molecule has 0 bridgehead atoms. The molecule has 1 aromatic rings. The van der Waals surface area contributed by atoms with Crippen LogP contribution in [0.3, 0.4) is 0 Å². The van der Waals surface area contributed by atoms with E-state index in [1.54, 1.807) is 20.8 Å². The van der Waals surface area contributed by atoms with Gasteiger partial charge in [-0.1, -0.05) is 52.2 Å². The Hall–Kier alpha value is -1.07. The summed E-state index contributed by atoms with van der Waals surface area (Å²) < 4.78 is 40.5. The molecule has 0 N–H and O–H groups in total. The second-order valence-corrected chi connectivity index (χ2v) is 5.82. The van der Waals surface area contributed by atoms with Gasteiger partial charge in [-0.15, -0.1) is 5.10 Å². The van der Waals surface area contributed by atoms with E-state index < -0.39 is 17.3 Å². The minimum Gasteiger partial charge on any atom is -0.240 e. The Labute approximate surface area is 112 Å². The fourth-order valence-corrected chi connectivity index (χ4v) is 1.94. The highest BCUT2D eigenvalue weighted by Crippen LogP contribution is 2.36. The zero-order chi connectivity index (χ0) is 14.7. The van der Waals surface area contributed by atoms with Crippen LogP contribution in [0, 0.1) is 0 Å². The first-order chi connectivity index (χ1) is 8.68. The Morgan fingerprint density at radius 1 is 1.05 bits per heavy atom. The Kier molecular flexibility index (Phi) is 4.98. The number of aryl methyl sites for hydroxylation is 1. The normalized spacial score (nSPS) is 13.0. The van der Waals surface area contributed by atoms with Gasteiger partial charge in [0.2, 0.25) is 0 Å². The Balaban J connectivity index is 2.96. The van der Waals surface area contributed by atoms with Crippen molar-refractivity contribution >= 4 is 0 Å². The van der Waals surface area contributed by atoms with Crippen LogP contribution in [0.5, 0.6) is 0 Å². The van der Waals surface area contributed by atoms with Crippen LogP contribution in [0.25, 0.3) is 0 Å². The maximum Gasteiger partial charge on any atom is 0.434 e. The average molecular weight is 277 g/mol. The highest BCUT2D eigenvalue weighted by molar-refractivity contribution is 5.21. The van der Waals surface area contributed by atoms with E-state index in [0.717, 1.165) is 23.9 Å². The van der Waals surface area contributed by atoms with Crippen molar-refractivity contribution in [3.8, 4) is 0 Å². The minimum atomic E-state index is -4.41. The molecule has 0 unspecified atom stereocenters. The van der Waals surface area contributed by atoms with Crippen LogP contribution < -0.4 is 0 Å². The van der Waals surface area contributed by atoms with Crippen LogP contribution in [0.1, 0.15) is 64.8 Å². The van der Waals surface area contributed by atoms with Crippen molar-refractivity contribution in [3.63, 3.8) is 0 Å². The summed E-state index contributed by atoms with van der Waals surface area (Å²) in [5, 5.41) is 7.44. The third-order valence-electron chi connectivity index (χ3n) is 2.94. The Morgan fingerprint density at radius 3 is 2.16 bits per heavy atom. The van der Waals surface area contributed by atoms with Crippen molar-refractivity contribution in [2.75, 3.05) is 0 Å². The molecule has 0 saturated carbocycles. The summed E-state index contributed by atoms with van der Waals surface area (Å²) in [6, 6.07) is 0. The third-order valence-corrected chi connectivity index (χ3v) is 2.94. The zero-order valence-electron chi connectivity index (χ0n) is 12.0. The second-order valence-electron chi connectivity index (χ2n) is 5.82. The number of rotatable bonds is 5. The molecule has 1 heterocycles. The SMILES string of the molecule is CCCCCCn1nnc(C(C)(C)C)c1C(F)(F)F. The molecule has 0 fully saturated rings. The Bertz CT molecular complexity index is 402. The van der Waals surface area contributed by atoms with Gasteiger partial charge in [0.05, 0.1) is 0 Å². The number of nitrogens with zero attached hydrogens (tertiary/aromatic N) is 3. The average Bonchev–Trinajstić information content (AvgIpc) is 2.67. The van der Waals surface area contributed by atoms with Crippen LogP contribution in [0.4, 0.5) is 13.2 Å². The van der Waals surface area contributed by atoms with Gasteiger partial charge in [-0.25, -0.2) is 4.68 Å². The van der Waals surface area contributed by atoms with Crippen molar-refractivity contribution in [1.29, 1.82) is 0 Å². The predicted molar refractivity (Wildman–Crippen MR) is 67.9 cm³/mol. The van der Waals surface area contributed by atoms with Crippen molar-refractivity contribution in [3.05, 3.63) is 11.4 Å². The molecular weight excluding hydrogens is 255 g/mol. The molecule has 0 saturated heterocycles. The molecule has 0 amide bonds.